The Balaban J connectivity index is 0.900. The van der Waals surface area contributed by atoms with Gasteiger partial charge in [-0.3, -0.25) is 9.69 Å². The predicted octanol–water partition coefficient (Wildman–Crippen LogP) is 5.95. The Hall–Kier alpha value is -3.52. The Labute approximate surface area is 253 Å². The summed E-state index contributed by atoms with van der Waals surface area (Å²) in [6.07, 6.45) is 8.06. The van der Waals surface area contributed by atoms with Gasteiger partial charge < -0.3 is 15.0 Å². The molecule has 1 aromatic heterocycles. The lowest BCUT2D eigenvalue weighted by molar-refractivity contribution is -0.0503. The van der Waals surface area contributed by atoms with Crippen molar-refractivity contribution in [1.82, 2.24) is 20.4 Å². The minimum absolute atomic E-state index is 0.111. The molecule has 3 aromatic rings. The van der Waals surface area contributed by atoms with Crippen molar-refractivity contribution in [2.45, 2.75) is 52.0 Å². The zero-order valence-electron chi connectivity index (χ0n) is 25.1. The van der Waals surface area contributed by atoms with E-state index in [0.717, 1.165) is 73.2 Å². The third-order valence-electron chi connectivity index (χ3n) is 10.3. The van der Waals surface area contributed by atoms with Crippen molar-refractivity contribution < 1.29 is 13.9 Å². The summed E-state index contributed by atoms with van der Waals surface area (Å²) in [5.41, 5.74) is 3.05. The smallest absolute Gasteiger partial charge is 0.271 e. The van der Waals surface area contributed by atoms with Crippen LogP contribution in [-0.4, -0.2) is 60.3 Å². The number of nitrogens with zero attached hydrogens (tertiary/aromatic N) is 4. The van der Waals surface area contributed by atoms with Gasteiger partial charge in [0.05, 0.1) is 6.61 Å². The van der Waals surface area contributed by atoms with Gasteiger partial charge in [0.2, 0.25) is 0 Å². The van der Waals surface area contributed by atoms with Gasteiger partial charge in [-0.25, -0.2) is 4.39 Å². The first kappa shape index (κ1) is 28.3. The molecule has 4 saturated carbocycles. The van der Waals surface area contributed by atoms with Crippen LogP contribution < -0.4 is 15.0 Å². The number of ether oxygens (including phenoxy) is 1. The second kappa shape index (κ2) is 11.9. The highest BCUT2D eigenvalue weighted by molar-refractivity contribution is 5.92. The minimum atomic E-state index is -0.220. The summed E-state index contributed by atoms with van der Waals surface area (Å²) < 4.78 is 20.7. The monoisotopic (exact) mass is 583 g/mol. The fraction of sp³-hybridized carbons (Fsp3) is 0.514. The van der Waals surface area contributed by atoms with Gasteiger partial charge in [-0.1, -0.05) is 24.3 Å². The molecule has 2 aromatic carbocycles. The molecule has 5 aliphatic rings. The van der Waals surface area contributed by atoms with Gasteiger partial charge in [0.25, 0.3) is 5.91 Å². The summed E-state index contributed by atoms with van der Waals surface area (Å²) in [5.74, 6) is 3.83. The second-order valence-electron chi connectivity index (χ2n) is 13.4. The van der Waals surface area contributed by atoms with Crippen LogP contribution in [0.3, 0.4) is 0 Å². The molecule has 226 valence electrons. The molecule has 0 spiro atoms. The number of hydrogen-bond acceptors (Lipinski definition) is 6. The topological polar surface area (TPSA) is 70.6 Å². The Morgan fingerprint density at radius 1 is 0.953 bits per heavy atom. The van der Waals surface area contributed by atoms with E-state index in [1.165, 1.54) is 38.5 Å². The molecule has 0 radical (unpaired) electrons. The molecule has 0 atom stereocenters. The van der Waals surface area contributed by atoms with Crippen molar-refractivity contribution in [3.63, 3.8) is 0 Å². The van der Waals surface area contributed by atoms with Crippen molar-refractivity contribution in [3.05, 3.63) is 71.7 Å². The third-order valence-corrected chi connectivity index (χ3v) is 10.3. The SMILES string of the molecule is CCOc1cccc(-c2ccc(CN3CCN(c4ccc(C(=O)NCC56CC7CC(CC(C7)C5)C6)nn4)CC3)cc2F)c1. The van der Waals surface area contributed by atoms with Gasteiger partial charge >= 0.3 is 0 Å². The number of amides is 1. The van der Waals surface area contributed by atoms with Crippen molar-refractivity contribution in [3.8, 4) is 16.9 Å². The number of carbonyl (C=O) groups is 1. The van der Waals surface area contributed by atoms with Crippen LogP contribution in [0.5, 0.6) is 5.75 Å². The number of anilines is 1. The lowest BCUT2D eigenvalue weighted by atomic mass is 9.49. The predicted molar refractivity (Wildman–Crippen MR) is 165 cm³/mol. The number of hydrogen-bond donors (Lipinski definition) is 1. The summed E-state index contributed by atoms with van der Waals surface area (Å²) in [4.78, 5) is 17.5. The van der Waals surface area contributed by atoms with E-state index in [1.807, 2.05) is 49.4 Å². The molecule has 5 fully saturated rings. The number of benzene rings is 2. The van der Waals surface area contributed by atoms with Gasteiger partial charge in [-0.05, 0) is 110 Å². The molecule has 4 aliphatic carbocycles. The van der Waals surface area contributed by atoms with E-state index in [1.54, 1.807) is 12.1 Å². The van der Waals surface area contributed by atoms with Crippen LogP contribution in [0.4, 0.5) is 10.2 Å². The van der Waals surface area contributed by atoms with Crippen LogP contribution in [0.25, 0.3) is 11.1 Å². The number of piperazine rings is 1. The number of rotatable bonds is 9. The molecule has 8 heteroatoms. The lowest BCUT2D eigenvalue weighted by Gasteiger charge is -2.56. The molecular weight excluding hydrogens is 541 g/mol. The van der Waals surface area contributed by atoms with Gasteiger partial charge in [-0.2, -0.15) is 0 Å². The van der Waals surface area contributed by atoms with Crippen LogP contribution in [0.2, 0.25) is 0 Å². The van der Waals surface area contributed by atoms with Gasteiger partial charge in [0.15, 0.2) is 11.5 Å². The Morgan fingerprint density at radius 3 is 2.35 bits per heavy atom. The minimum Gasteiger partial charge on any atom is -0.494 e. The quantitative estimate of drug-likeness (QED) is 0.336. The molecule has 2 heterocycles. The van der Waals surface area contributed by atoms with Crippen molar-refractivity contribution in [2.24, 2.45) is 23.2 Å². The van der Waals surface area contributed by atoms with Gasteiger partial charge in [0, 0.05) is 44.8 Å². The average Bonchev–Trinajstić information content (AvgIpc) is 3.00. The number of nitrogens with one attached hydrogen (secondary N) is 1. The zero-order valence-corrected chi connectivity index (χ0v) is 25.1. The van der Waals surface area contributed by atoms with Crippen molar-refractivity contribution in [2.75, 3.05) is 44.2 Å². The second-order valence-corrected chi connectivity index (χ2v) is 13.4. The molecule has 1 amide bonds. The summed E-state index contributed by atoms with van der Waals surface area (Å²) >= 11 is 0. The number of aromatic nitrogens is 2. The molecule has 7 nitrogen and oxygen atoms in total. The van der Waals surface area contributed by atoms with E-state index >= 15 is 4.39 Å². The highest BCUT2D eigenvalue weighted by atomic mass is 19.1. The number of carbonyl (C=O) groups excluding carboxylic acids is 1. The van der Waals surface area contributed by atoms with E-state index in [2.05, 4.69) is 25.3 Å². The van der Waals surface area contributed by atoms with Crippen molar-refractivity contribution >= 4 is 11.7 Å². The highest BCUT2D eigenvalue weighted by Gasteiger charge is 2.50. The summed E-state index contributed by atoms with van der Waals surface area (Å²) in [6.45, 7) is 7.27. The maximum Gasteiger partial charge on any atom is 0.271 e. The normalized spacial score (nSPS) is 26.5. The molecular formula is C35H42FN5O2. The zero-order chi connectivity index (χ0) is 29.4. The first-order chi connectivity index (χ1) is 20.9. The number of halogens is 1. The standard InChI is InChI=1S/C35H42FN5O2/c1-2-43-29-5-3-4-28(18-29)30-7-6-24(17-31(30)36)22-40-10-12-41(13-11-40)33-9-8-32(38-39-33)34(42)37-23-35-19-25-14-26(20-35)16-27(15-25)21-35/h3-9,17-18,25-27H,2,10-16,19-23H2,1H3,(H,37,42). The maximum absolute atomic E-state index is 15.1. The third kappa shape index (κ3) is 6.12. The Bertz CT molecular complexity index is 1420. The van der Waals surface area contributed by atoms with E-state index in [9.17, 15) is 4.79 Å². The molecule has 0 unspecified atom stereocenters. The largest absolute Gasteiger partial charge is 0.494 e. The fourth-order valence-electron chi connectivity index (χ4n) is 8.68. The fourth-order valence-corrected chi connectivity index (χ4v) is 8.68. The Kier molecular flexibility index (Phi) is 7.80. The van der Waals surface area contributed by atoms with Gasteiger partial charge in [-0.15, -0.1) is 10.2 Å². The molecule has 1 N–H and O–H groups in total. The van der Waals surface area contributed by atoms with Gasteiger partial charge in [0.1, 0.15) is 11.6 Å². The summed E-state index contributed by atoms with van der Waals surface area (Å²) in [6, 6.07) is 16.8. The van der Waals surface area contributed by atoms with Crippen LogP contribution >= 0.6 is 0 Å². The molecule has 1 aliphatic heterocycles. The van der Waals surface area contributed by atoms with E-state index < -0.39 is 0 Å². The van der Waals surface area contributed by atoms with Crippen molar-refractivity contribution in [1.29, 1.82) is 0 Å². The first-order valence-corrected chi connectivity index (χ1v) is 16.1. The summed E-state index contributed by atoms with van der Waals surface area (Å²) in [7, 11) is 0. The molecule has 43 heavy (non-hydrogen) atoms. The molecule has 4 bridgehead atoms. The van der Waals surface area contributed by atoms with E-state index in [-0.39, 0.29) is 11.7 Å². The highest BCUT2D eigenvalue weighted by Crippen LogP contribution is 2.59. The Morgan fingerprint density at radius 2 is 1.70 bits per heavy atom. The van der Waals surface area contributed by atoms with Crippen LogP contribution in [0, 0.1) is 29.0 Å². The van der Waals surface area contributed by atoms with Crippen LogP contribution in [0.15, 0.2) is 54.6 Å². The van der Waals surface area contributed by atoms with Crippen LogP contribution in [0.1, 0.15) is 61.5 Å². The maximum atomic E-state index is 15.1. The first-order valence-electron chi connectivity index (χ1n) is 16.1. The summed E-state index contributed by atoms with van der Waals surface area (Å²) in [5, 5.41) is 11.9. The average molecular weight is 584 g/mol. The molecule has 1 saturated heterocycles. The lowest BCUT2D eigenvalue weighted by Crippen LogP contribution is -2.51. The van der Waals surface area contributed by atoms with E-state index in [4.69, 9.17) is 4.74 Å². The van der Waals surface area contributed by atoms with E-state index in [0.29, 0.717) is 29.8 Å². The van der Waals surface area contributed by atoms with Crippen LogP contribution in [-0.2, 0) is 6.54 Å². The molecule has 8 rings (SSSR count).